The Balaban J connectivity index is 1.86. The smallest absolute Gasteiger partial charge is 0.140 e. The predicted octanol–water partition coefficient (Wildman–Crippen LogP) is 3.03. The highest BCUT2D eigenvalue weighted by atomic mass is 35.5. The molecular weight excluding hydrogens is 282 g/mol. The van der Waals surface area contributed by atoms with Gasteiger partial charge in [0.1, 0.15) is 5.03 Å². The first kappa shape index (κ1) is 12.4. The molecule has 3 aromatic rings. The third kappa shape index (κ3) is 2.54. The summed E-state index contributed by atoms with van der Waals surface area (Å²) in [6.07, 6.45) is 0. The highest BCUT2D eigenvalue weighted by molar-refractivity contribution is 7.99. The van der Waals surface area contributed by atoms with Crippen molar-refractivity contribution in [2.75, 3.05) is 0 Å². The second kappa shape index (κ2) is 5.14. The first-order chi connectivity index (χ1) is 9.24. The number of fused-ring (bicyclic) bond motifs is 1. The minimum Gasteiger partial charge on any atom is -0.140 e. The molecule has 0 radical (unpaired) electrons. The maximum absolute atomic E-state index is 6.19. The zero-order chi connectivity index (χ0) is 13.2. The molecule has 0 unspecified atom stereocenters. The van der Waals surface area contributed by atoms with Gasteiger partial charge in [-0.15, -0.1) is 14.8 Å². The van der Waals surface area contributed by atoms with E-state index in [2.05, 4.69) is 27.5 Å². The fourth-order valence-corrected chi connectivity index (χ4v) is 3.08. The first-order valence-electron chi connectivity index (χ1n) is 5.70. The Bertz CT molecular complexity index is 714. The van der Waals surface area contributed by atoms with Gasteiger partial charge in [-0.2, -0.15) is 0 Å². The van der Waals surface area contributed by atoms with E-state index in [4.69, 9.17) is 11.6 Å². The van der Waals surface area contributed by atoms with Crippen LogP contribution in [-0.2, 0) is 0 Å². The Morgan fingerprint density at radius 1 is 1.21 bits per heavy atom. The minimum atomic E-state index is 0.204. The molecule has 1 atom stereocenters. The summed E-state index contributed by atoms with van der Waals surface area (Å²) in [6, 6.07) is 11.6. The fraction of sp³-hybridized carbons (Fsp3) is 0.167. The number of rotatable bonds is 3. The molecular formula is C12H10ClN5S. The second-order valence-corrected chi connectivity index (χ2v) is 5.75. The Labute approximate surface area is 119 Å². The molecule has 2 heterocycles. The molecule has 0 saturated carbocycles. The monoisotopic (exact) mass is 291 g/mol. The van der Waals surface area contributed by atoms with Gasteiger partial charge in [0.25, 0.3) is 0 Å². The summed E-state index contributed by atoms with van der Waals surface area (Å²) >= 11 is 7.81. The number of benzene rings is 1. The van der Waals surface area contributed by atoms with Crippen LogP contribution in [0, 0.1) is 0 Å². The van der Waals surface area contributed by atoms with Gasteiger partial charge in [-0.05, 0) is 41.1 Å². The number of hydrogen-bond donors (Lipinski definition) is 0. The summed E-state index contributed by atoms with van der Waals surface area (Å²) < 4.78 is 1.42. The maximum Gasteiger partial charge on any atom is 0.200 e. The van der Waals surface area contributed by atoms with Gasteiger partial charge in [-0.3, -0.25) is 0 Å². The number of aromatic nitrogens is 5. The van der Waals surface area contributed by atoms with Crippen molar-refractivity contribution in [1.29, 1.82) is 0 Å². The molecule has 96 valence electrons. The lowest BCUT2D eigenvalue weighted by Crippen LogP contribution is -1.97. The van der Waals surface area contributed by atoms with Gasteiger partial charge >= 0.3 is 0 Å². The van der Waals surface area contributed by atoms with Gasteiger partial charge in [-0.1, -0.05) is 41.6 Å². The van der Waals surface area contributed by atoms with Gasteiger partial charge in [0.2, 0.25) is 0 Å². The number of halogens is 1. The zero-order valence-electron chi connectivity index (χ0n) is 10.1. The number of nitrogens with zero attached hydrogens (tertiary/aromatic N) is 5. The molecule has 0 amide bonds. The van der Waals surface area contributed by atoms with Gasteiger partial charge in [-0.25, -0.2) is 0 Å². The third-order valence-corrected chi connectivity index (χ3v) is 4.10. The van der Waals surface area contributed by atoms with Crippen molar-refractivity contribution >= 4 is 29.0 Å². The predicted molar refractivity (Wildman–Crippen MR) is 74.3 cm³/mol. The number of hydrogen-bond acceptors (Lipinski definition) is 5. The molecule has 0 bridgehead atoms. The Kier molecular flexibility index (Phi) is 3.35. The van der Waals surface area contributed by atoms with Crippen molar-refractivity contribution < 1.29 is 0 Å². The second-order valence-electron chi connectivity index (χ2n) is 3.98. The molecule has 0 N–H and O–H groups in total. The number of thioether (sulfide) groups is 1. The molecule has 0 aliphatic rings. The van der Waals surface area contributed by atoms with E-state index < -0.39 is 0 Å². The van der Waals surface area contributed by atoms with E-state index in [1.807, 2.05) is 36.4 Å². The third-order valence-electron chi connectivity index (χ3n) is 2.69. The highest BCUT2D eigenvalue weighted by Crippen LogP contribution is 2.36. The van der Waals surface area contributed by atoms with Crippen LogP contribution in [0.2, 0.25) is 5.02 Å². The van der Waals surface area contributed by atoms with E-state index in [1.165, 1.54) is 4.63 Å². The van der Waals surface area contributed by atoms with Crippen LogP contribution in [0.4, 0.5) is 0 Å². The zero-order valence-corrected chi connectivity index (χ0v) is 11.6. The molecule has 0 fully saturated rings. The average molecular weight is 292 g/mol. The van der Waals surface area contributed by atoms with Crippen LogP contribution in [0.5, 0.6) is 0 Å². The van der Waals surface area contributed by atoms with Crippen LogP contribution >= 0.6 is 23.4 Å². The lowest BCUT2D eigenvalue weighted by molar-refractivity contribution is 0.702. The molecule has 3 rings (SSSR count). The summed E-state index contributed by atoms with van der Waals surface area (Å²) in [5.41, 5.74) is 1.72. The lowest BCUT2D eigenvalue weighted by atomic mass is 10.2. The Morgan fingerprint density at radius 3 is 2.89 bits per heavy atom. The van der Waals surface area contributed by atoms with E-state index in [1.54, 1.807) is 11.8 Å². The Morgan fingerprint density at radius 2 is 2.05 bits per heavy atom. The summed E-state index contributed by atoms with van der Waals surface area (Å²) in [4.78, 5) is 0. The number of tetrazole rings is 1. The summed E-state index contributed by atoms with van der Waals surface area (Å²) in [6.45, 7) is 2.09. The van der Waals surface area contributed by atoms with Gasteiger partial charge in [0, 0.05) is 10.3 Å². The van der Waals surface area contributed by atoms with Crippen molar-refractivity contribution in [1.82, 2.24) is 25.3 Å². The van der Waals surface area contributed by atoms with Crippen LogP contribution in [0.3, 0.4) is 0 Å². The lowest BCUT2D eigenvalue weighted by Gasteiger charge is -2.12. The van der Waals surface area contributed by atoms with E-state index in [0.29, 0.717) is 5.65 Å². The van der Waals surface area contributed by atoms with E-state index >= 15 is 0 Å². The van der Waals surface area contributed by atoms with Gasteiger partial charge in [0.05, 0.1) is 0 Å². The minimum absolute atomic E-state index is 0.204. The van der Waals surface area contributed by atoms with Gasteiger partial charge < -0.3 is 0 Å². The molecule has 2 aromatic heterocycles. The van der Waals surface area contributed by atoms with Crippen molar-refractivity contribution in [3.05, 3.63) is 47.0 Å². The topological polar surface area (TPSA) is 56.0 Å². The van der Waals surface area contributed by atoms with Crippen LogP contribution in [0.25, 0.3) is 5.65 Å². The average Bonchev–Trinajstić information content (AvgIpc) is 2.86. The van der Waals surface area contributed by atoms with Crippen LogP contribution in [0.15, 0.2) is 41.4 Å². The van der Waals surface area contributed by atoms with Crippen molar-refractivity contribution in [3.63, 3.8) is 0 Å². The summed E-state index contributed by atoms with van der Waals surface area (Å²) in [7, 11) is 0. The summed E-state index contributed by atoms with van der Waals surface area (Å²) in [5, 5.41) is 17.3. The molecule has 0 saturated heterocycles. The molecule has 1 aromatic carbocycles. The van der Waals surface area contributed by atoms with E-state index in [0.717, 1.165) is 15.6 Å². The SMILES string of the molecule is C[C@@H](Sc1ccc2nnnn2n1)c1ccccc1Cl. The van der Waals surface area contributed by atoms with Crippen molar-refractivity contribution in [2.24, 2.45) is 0 Å². The van der Waals surface area contributed by atoms with Crippen molar-refractivity contribution in [3.8, 4) is 0 Å². The Hall–Kier alpha value is -1.66. The van der Waals surface area contributed by atoms with Crippen LogP contribution in [0.1, 0.15) is 17.7 Å². The van der Waals surface area contributed by atoms with Crippen LogP contribution in [-0.4, -0.2) is 25.3 Å². The van der Waals surface area contributed by atoms with E-state index in [-0.39, 0.29) is 5.25 Å². The molecule has 0 aliphatic carbocycles. The molecule has 0 spiro atoms. The molecule has 19 heavy (non-hydrogen) atoms. The van der Waals surface area contributed by atoms with Crippen molar-refractivity contribution in [2.45, 2.75) is 17.2 Å². The molecule has 7 heteroatoms. The highest BCUT2D eigenvalue weighted by Gasteiger charge is 2.12. The fourth-order valence-electron chi connectivity index (χ4n) is 1.75. The normalized spacial score (nSPS) is 12.7. The quantitative estimate of drug-likeness (QED) is 0.694. The maximum atomic E-state index is 6.19. The summed E-state index contributed by atoms with van der Waals surface area (Å²) in [5.74, 6) is 0. The van der Waals surface area contributed by atoms with Crippen LogP contribution < -0.4 is 0 Å². The standard InChI is InChI=1S/C12H10ClN5S/c1-8(9-4-2-3-5-10(9)13)19-12-7-6-11-14-16-17-18(11)15-12/h2-8H,1H3/t8-/m1/s1. The largest absolute Gasteiger partial charge is 0.200 e. The molecule has 5 nitrogen and oxygen atoms in total. The van der Waals surface area contributed by atoms with Gasteiger partial charge in [0.15, 0.2) is 5.65 Å². The van der Waals surface area contributed by atoms with E-state index in [9.17, 15) is 0 Å². The first-order valence-corrected chi connectivity index (χ1v) is 6.96. The molecule has 0 aliphatic heterocycles.